The van der Waals surface area contributed by atoms with E-state index in [0.717, 1.165) is 26.1 Å². The molecule has 2 rings (SSSR count). The number of carboxylic acids is 1. The second kappa shape index (κ2) is 4.94. The first-order valence-electron chi connectivity index (χ1n) is 5.95. The Balaban J connectivity index is 1.88. The fourth-order valence-corrected chi connectivity index (χ4v) is 2.67. The predicted molar refractivity (Wildman–Crippen MR) is 57.8 cm³/mol. The molecule has 0 bridgehead atoms. The average molecular weight is 212 g/mol. The fourth-order valence-electron chi connectivity index (χ4n) is 2.67. The van der Waals surface area contributed by atoms with Crippen LogP contribution >= 0.6 is 0 Å². The summed E-state index contributed by atoms with van der Waals surface area (Å²) in [4.78, 5) is 13.4. The van der Waals surface area contributed by atoms with Crippen LogP contribution in [0, 0.1) is 5.92 Å². The van der Waals surface area contributed by atoms with Crippen LogP contribution in [0.25, 0.3) is 0 Å². The molecule has 2 atom stereocenters. The number of rotatable bonds is 2. The molecule has 0 aromatic heterocycles. The lowest BCUT2D eigenvalue weighted by molar-refractivity contribution is -0.143. The molecular weight excluding hydrogens is 192 g/mol. The zero-order valence-corrected chi connectivity index (χ0v) is 9.11. The van der Waals surface area contributed by atoms with Gasteiger partial charge < -0.3 is 10.4 Å². The highest BCUT2D eigenvalue weighted by atomic mass is 16.4. The van der Waals surface area contributed by atoms with Crippen molar-refractivity contribution in [3.05, 3.63) is 0 Å². The van der Waals surface area contributed by atoms with Gasteiger partial charge in [-0.2, -0.15) is 0 Å². The maximum atomic E-state index is 10.9. The lowest BCUT2D eigenvalue weighted by atomic mass is 9.93. The van der Waals surface area contributed by atoms with Crippen LogP contribution in [0.5, 0.6) is 0 Å². The average Bonchev–Trinajstić information content (AvgIpc) is 2.30. The number of carbonyl (C=O) groups is 1. The van der Waals surface area contributed by atoms with Crippen LogP contribution in [0.1, 0.15) is 25.7 Å². The zero-order chi connectivity index (χ0) is 10.7. The molecule has 0 unspecified atom stereocenters. The van der Waals surface area contributed by atoms with Crippen molar-refractivity contribution in [2.24, 2.45) is 5.92 Å². The highest BCUT2D eigenvalue weighted by Crippen LogP contribution is 2.20. The summed E-state index contributed by atoms with van der Waals surface area (Å²) in [5, 5.41) is 12.2. The molecule has 86 valence electrons. The van der Waals surface area contributed by atoms with E-state index in [4.69, 9.17) is 5.11 Å². The second-order valence-corrected chi connectivity index (χ2v) is 4.68. The summed E-state index contributed by atoms with van der Waals surface area (Å²) in [5.74, 6) is -0.838. The van der Waals surface area contributed by atoms with Crippen LogP contribution in [0.15, 0.2) is 0 Å². The minimum Gasteiger partial charge on any atom is -0.481 e. The Kier molecular flexibility index (Phi) is 3.59. The third-order valence-corrected chi connectivity index (χ3v) is 3.58. The summed E-state index contributed by atoms with van der Waals surface area (Å²) in [6.07, 6.45) is 4.70. The van der Waals surface area contributed by atoms with Crippen molar-refractivity contribution < 1.29 is 9.90 Å². The number of hydrogen-bond donors (Lipinski definition) is 2. The van der Waals surface area contributed by atoms with Gasteiger partial charge in [0.1, 0.15) is 0 Å². The largest absolute Gasteiger partial charge is 0.481 e. The molecule has 0 aliphatic carbocycles. The number of piperidine rings is 2. The topological polar surface area (TPSA) is 52.6 Å². The lowest BCUT2D eigenvalue weighted by Crippen LogP contribution is -2.51. The third kappa shape index (κ3) is 2.69. The smallest absolute Gasteiger partial charge is 0.307 e. The van der Waals surface area contributed by atoms with Crippen LogP contribution in [0.4, 0.5) is 0 Å². The van der Waals surface area contributed by atoms with Crippen molar-refractivity contribution in [2.45, 2.75) is 31.7 Å². The standard InChI is InChI=1S/C11H20N2O2/c14-11(15)9-6-10(8-12-7-9)13-4-2-1-3-5-13/h9-10,12H,1-8H2,(H,14,15)/t9-,10+/m1/s1. The maximum absolute atomic E-state index is 10.9. The number of hydrogen-bond acceptors (Lipinski definition) is 3. The van der Waals surface area contributed by atoms with E-state index in [1.807, 2.05) is 0 Å². The van der Waals surface area contributed by atoms with E-state index in [1.54, 1.807) is 0 Å². The molecule has 2 fully saturated rings. The predicted octanol–water partition coefficient (Wildman–Crippen LogP) is 0.535. The third-order valence-electron chi connectivity index (χ3n) is 3.58. The van der Waals surface area contributed by atoms with E-state index in [0.29, 0.717) is 12.6 Å². The van der Waals surface area contributed by atoms with Crippen molar-refractivity contribution in [2.75, 3.05) is 26.2 Å². The summed E-state index contributed by atoms with van der Waals surface area (Å²) in [7, 11) is 0. The highest BCUT2D eigenvalue weighted by molar-refractivity contribution is 5.70. The van der Waals surface area contributed by atoms with Crippen molar-refractivity contribution in [3.63, 3.8) is 0 Å². The van der Waals surface area contributed by atoms with Crippen LogP contribution < -0.4 is 5.32 Å². The van der Waals surface area contributed by atoms with Crippen molar-refractivity contribution in [1.82, 2.24) is 10.2 Å². The molecule has 0 amide bonds. The van der Waals surface area contributed by atoms with Gasteiger partial charge in [0.15, 0.2) is 0 Å². The second-order valence-electron chi connectivity index (χ2n) is 4.68. The molecule has 0 spiro atoms. The quantitative estimate of drug-likeness (QED) is 0.701. The summed E-state index contributed by atoms with van der Waals surface area (Å²) in [6.45, 7) is 3.90. The van der Waals surface area contributed by atoms with Crippen molar-refractivity contribution >= 4 is 5.97 Å². The molecule has 4 nitrogen and oxygen atoms in total. The minimum absolute atomic E-state index is 0.189. The first-order chi connectivity index (χ1) is 7.27. The van der Waals surface area contributed by atoms with Crippen LogP contribution in [0.2, 0.25) is 0 Å². The van der Waals surface area contributed by atoms with E-state index < -0.39 is 5.97 Å². The van der Waals surface area contributed by atoms with Gasteiger partial charge in [0, 0.05) is 19.1 Å². The monoisotopic (exact) mass is 212 g/mol. The van der Waals surface area contributed by atoms with E-state index in [9.17, 15) is 4.79 Å². The molecule has 0 aromatic carbocycles. The van der Waals surface area contributed by atoms with Gasteiger partial charge in [-0.15, -0.1) is 0 Å². The molecule has 0 saturated carbocycles. The van der Waals surface area contributed by atoms with Gasteiger partial charge in [-0.25, -0.2) is 0 Å². The Morgan fingerprint density at radius 2 is 1.93 bits per heavy atom. The van der Waals surface area contributed by atoms with E-state index in [-0.39, 0.29) is 5.92 Å². The first-order valence-corrected chi connectivity index (χ1v) is 5.95. The molecule has 2 heterocycles. The molecule has 0 aromatic rings. The molecule has 4 heteroatoms. The Labute approximate surface area is 90.6 Å². The molecule has 15 heavy (non-hydrogen) atoms. The number of nitrogens with zero attached hydrogens (tertiary/aromatic N) is 1. The van der Waals surface area contributed by atoms with Crippen molar-refractivity contribution in [1.29, 1.82) is 0 Å². The number of aliphatic carboxylic acids is 1. The summed E-state index contributed by atoms with van der Waals surface area (Å²) in [5.41, 5.74) is 0. The first kappa shape index (κ1) is 10.9. The molecule has 0 radical (unpaired) electrons. The van der Waals surface area contributed by atoms with E-state index in [2.05, 4.69) is 10.2 Å². The van der Waals surface area contributed by atoms with Gasteiger partial charge in [0.2, 0.25) is 0 Å². The molecule has 2 N–H and O–H groups in total. The van der Waals surface area contributed by atoms with E-state index >= 15 is 0 Å². The van der Waals surface area contributed by atoms with Gasteiger partial charge >= 0.3 is 5.97 Å². The van der Waals surface area contributed by atoms with Crippen LogP contribution in [-0.2, 0) is 4.79 Å². The molecule has 2 saturated heterocycles. The summed E-state index contributed by atoms with van der Waals surface area (Å²) >= 11 is 0. The van der Waals surface area contributed by atoms with Gasteiger partial charge in [-0.1, -0.05) is 6.42 Å². The number of carboxylic acid groups (broad SMARTS) is 1. The van der Waals surface area contributed by atoms with E-state index in [1.165, 1.54) is 19.3 Å². The summed E-state index contributed by atoms with van der Waals surface area (Å²) in [6, 6.07) is 0.445. The van der Waals surface area contributed by atoms with Gasteiger partial charge in [0.25, 0.3) is 0 Å². The number of nitrogens with one attached hydrogen (secondary N) is 1. The van der Waals surface area contributed by atoms with Crippen LogP contribution in [0.3, 0.4) is 0 Å². The van der Waals surface area contributed by atoms with Gasteiger partial charge in [0.05, 0.1) is 5.92 Å². The Bertz CT molecular complexity index is 227. The molecular formula is C11H20N2O2. The van der Waals surface area contributed by atoms with Crippen LogP contribution in [-0.4, -0.2) is 48.2 Å². The van der Waals surface area contributed by atoms with Gasteiger partial charge in [-0.3, -0.25) is 9.69 Å². The lowest BCUT2D eigenvalue weighted by Gasteiger charge is -2.38. The zero-order valence-electron chi connectivity index (χ0n) is 9.11. The maximum Gasteiger partial charge on any atom is 0.307 e. The Morgan fingerprint density at radius 3 is 2.60 bits per heavy atom. The minimum atomic E-state index is -0.649. The highest BCUT2D eigenvalue weighted by Gasteiger charge is 2.30. The Hall–Kier alpha value is -0.610. The Morgan fingerprint density at radius 1 is 1.20 bits per heavy atom. The van der Waals surface area contributed by atoms with Gasteiger partial charge in [-0.05, 0) is 32.4 Å². The fraction of sp³-hybridized carbons (Fsp3) is 0.909. The molecule has 2 aliphatic heterocycles. The molecule has 2 aliphatic rings. The number of likely N-dealkylation sites (tertiary alicyclic amines) is 1. The van der Waals surface area contributed by atoms with Crippen molar-refractivity contribution in [3.8, 4) is 0 Å². The summed E-state index contributed by atoms with van der Waals surface area (Å²) < 4.78 is 0. The normalized spacial score (nSPS) is 33.9. The SMILES string of the molecule is O=C(O)[C@H]1CNC[C@@H](N2CCCCC2)C1.